The number of alkyl halides is 1. The van der Waals surface area contributed by atoms with Crippen molar-refractivity contribution in [2.24, 2.45) is 11.8 Å². The van der Waals surface area contributed by atoms with Gasteiger partial charge in [-0.15, -0.1) is 0 Å². The monoisotopic (exact) mass is 514 g/mol. The Labute approximate surface area is 226 Å². The summed E-state index contributed by atoms with van der Waals surface area (Å²) in [4.78, 5) is 17.7. The second-order valence-corrected chi connectivity index (χ2v) is 11.1. The molecule has 0 bridgehead atoms. The van der Waals surface area contributed by atoms with Gasteiger partial charge in [0.1, 0.15) is 11.9 Å². The Hall–Kier alpha value is -3.18. The van der Waals surface area contributed by atoms with Crippen molar-refractivity contribution < 1.29 is 13.9 Å². The lowest BCUT2D eigenvalue weighted by molar-refractivity contribution is -0.129. The highest BCUT2D eigenvalue weighted by Gasteiger charge is 2.55. The zero-order valence-corrected chi connectivity index (χ0v) is 22.6. The predicted octanol–water partition coefficient (Wildman–Crippen LogP) is 5.75. The van der Waals surface area contributed by atoms with Gasteiger partial charge in [-0.05, 0) is 56.5 Å². The molecule has 1 aliphatic carbocycles. The number of hydrogen-bond acceptors (Lipinski definition) is 3. The van der Waals surface area contributed by atoms with Crippen LogP contribution in [0.15, 0.2) is 84.9 Å². The smallest absolute Gasteiger partial charge is 0.227 e. The van der Waals surface area contributed by atoms with Gasteiger partial charge in [0.25, 0.3) is 0 Å². The number of rotatable bonds is 9. The van der Waals surface area contributed by atoms with E-state index in [1.165, 1.54) is 11.1 Å². The first-order valence-electron chi connectivity index (χ1n) is 13.9. The second-order valence-electron chi connectivity index (χ2n) is 11.1. The highest BCUT2D eigenvalue weighted by molar-refractivity contribution is 5.80. The van der Waals surface area contributed by atoms with Crippen LogP contribution in [0.1, 0.15) is 36.0 Å². The molecule has 4 nitrogen and oxygen atoms in total. The quantitative estimate of drug-likeness (QED) is 0.341. The summed E-state index contributed by atoms with van der Waals surface area (Å²) < 4.78 is 21.6. The molecule has 38 heavy (non-hydrogen) atoms. The molecule has 3 aromatic rings. The molecule has 0 N–H and O–H groups in total. The fourth-order valence-corrected chi connectivity index (χ4v) is 6.67. The largest absolute Gasteiger partial charge is 0.493 e. The third kappa shape index (κ3) is 5.35. The van der Waals surface area contributed by atoms with E-state index in [9.17, 15) is 4.79 Å². The second kappa shape index (κ2) is 11.7. The Morgan fingerprint density at radius 3 is 2.24 bits per heavy atom. The lowest BCUT2D eigenvalue weighted by Gasteiger charge is -2.47. The maximum atomic E-state index is 15.5. The van der Waals surface area contributed by atoms with E-state index in [0.717, 1.165) is 30.7 Å². The number of carbonyl (C=O) groups excluding carboxylic acids is 1. The molecule has 5 heteroatoms. The fourth-order valence-electron chi connectivity index (χ4n) is 6.67. The van der Waals surface area contributed by atoms with Gasteiger partial charge in [-0.2, -0.15) is 0 Å². The maximum Gasteiger partial charge on any atom is 0.227 e. The van der Waals surface area contributed by atoms with Gasteiger partial charge < -0.3 is 14.5 Å². The molecule has 3 unspecified atom stereocenters. The van der Waals surface area contributed by atoms with Crippen molar-refractivity contribution in [2.45, 2.75) is 37.3 Å². The zero-order chi connectivity index (χ0) is 26.5. The summed E-state index contributed by atoms with van der Waals surface area (Å²) in [5.41, 5.74) is 3.03. The van der Waals surface area contributed by atoms with Crippen LogP contribution < -0.4 is 4.74 Å². The van der Waals surface area contributed by atoms with Gasteiger partial charge in [-0.1, -0.05) is 78.9 Å². The number of carbonyl (C=O) groups is 1. The number of halogens is 1. The van der Waals surface area contributed by atoms with Crippen molar-refractivity contribution >= 4 is 5.91 Å². The van der Waals surface area contributed by atoms with E-state index in [1.807, 2.05) is 55.4 Å². The Morgan fingerprint density at radius 2 is 1.58 bits per heavy atom. The molecule has 3 aromatic carbocycles. The van der Waals surface area contributed by atoms with Gasteiger partial charge in [-0.25, -0.2) is 4.39 Å². The molecular formula is C33H39FN2O2. The van der Waals surface area contributed by atoms with Crippen LogP contribution in [0.25, 0.3) is 0 Å². The van der Waals surface area contributed by atoms with E-state index in [-0.39, 0.29) is 29.6 Å². The van der Waals surface area contributed by atoms with E-state index in [4.69, 9.17) is 4.74 Å². The van der Waals surface area contributed by atoms with Gasteiger partial charge in [0.05, 0.1) is 13.0 Å². The van der Waals surface area contributed by atoms with Crippen LogP contribution in [-0.2, 0) is 16.6 Å². The SMILES string of the molecule is CN(C)CCCOc1ccccc1CC(=O)N1CC2C(F)CCC(c3ccccc3)(c3ccccc3)C2C1. The number of likely N-dealkylation sites (tertiary alicyclic amines) is 1. The number of benzene rings is 3. The van der Waals surface area contributed by atoms with E-state index in [1.54, 1.807) is 0 Å². The minimum Gasteiger partial charge on any atom is -0.493 e. The minimum atomic E-state index is -0.898. The van der Waals surface area contributed by atoms with E-state index in [2.05, 4.69) is 53.4 Å². The number of para-hydroxylation sites is 1. The summed E-state index contributed by atoms with van der Waals surface area (Å²) in [6.07, 6.45) is 1.55. The summed E-state index contributed by atoms with van der Waals surface area (Å²) in [5.74, 6) is 0.664. The first-order chi connectivity index (χ1) is 18.5. The molecule has 3 atom stereocenters. The average Bonchev–Trinajstić information content (AvgIpc) is 3.41. The molecular weight excluding hydrogens is 475 g/mol. The molecule has 1 saturated carbocycles. The zero-order valence-electron chi connectivity index (χ0n) is 22.6. The van der Waals surface area contributed by atoms with E-state index in [0.29, 0.717) is 26.1 Å². The van der Waals surface area contributed by atoms with Crippen LogP contribution in [-0.4, -0.2) is 62.2 Å². The Kier molecular flexibility index (Phi) is 8.13. The van der Waals surface area contributed by atoms with Crippen LogP contribution in [0.5, 0.6) is 5.75 Å². The first kappa shape index (κ1) is 26.4. The summed E-state index contributed by atoms with van der Waals surface area (Å²) in [7, 11) is 4.10. The average molecular weight is 515 g/mol. The standard InChI is InChI=1S/C33H39FN2O2/c1-35(2)20-11-21-38-31-17-10-9-12-25(31)22-32(37)36-23-28-29(24-36)33(19-18-30(28)34,26-13-5-3-6-14-26)27-15-7-4-8-16-27/h3-10,12-17,28-30H,11,18-24H2,1-2H3. The van der Waals surface area contributed by atoms with Crippen molar-refractivity contribution in [3.63, 3.8) is 0 Å². The number of fused-ring (bicyclic) bond motifs is 1. The minimum absolute atomic E-state index is 0.0255. The van der Waals surface area contributed by atoms with Crippen molar-refractivity contribution in [1.82, 2.24) is 9.80 Å². The molecule has 2 fully saturated rings. The molecule has 2 aliphatic rings. The highest BCUT2D eigenvalue weighted by atomic mass is 19.1. The lowest BCUT2D eigenvalue weighted by atomic mass is 9.56. The summed E-state index contributed by atoms with van der Waals surface area (Å²) in [6, 6.07) is 28.9. The summed E-state index contributed by atoms with van der Waals surface area (Å²) >= 11 is 0. The highest BCUT2D eigenvalue weighted by Crippen LogP contribution is 2.54. The van der Waals surface area contributed by atoms with Gasteiger partial charge >= 0.3 is 0 Å². The lowest BCUT2D eigenvalue weighted by Crippen LogP contribution is -2.47. The summed E-state index contributed by atoms with van der Waals surface area (Å²) in [5, 5.41) is 0. The van der Waals surface area contributed by atoms with Crippen LogP contribution in [0.4, 0.5) is 4.39 Å². The number of ether oxygens (including phenoxy) is 1. The van der Waals surface area contributed by atoms with Gasteiger partial charge in [0.2, 0.25) is 5.91 Å². The molecule has 0 spiro atoms. The number of nitrogens with zero attached hydrogens (tertiary/aromatic N) is 2. The molecule has 0 aromatic heterocycles. The molecule has 1 aliphatic heterocycles. The third-order valence-electron chi connectivity index (χ3n) is 8.53. The molecule has 0 radical (unpaired) electrons. The van der Waals surface area contributed by atoms with Crippen LogP contribution in [0.3, 0.4) is 0 Å². The normalized spacial score (nSPS) is 22.3. The van der Waals surface area contributed by atoms with Gasteiger partial charge in [-0.3, -0.25) is 4.79 Å². The number of amides is 1. The van der Waals surface area contributed by atoms with Crippen molar-refractivity contribution in [2.75, 3.05) is 40.3 Å². The molecule has 5 rings (SSSR count). The Balaban J connectivity index is 1.38. The van der Waals surface area contributed by atoms with Crippen molar-refractivity contribution in [1.29, 1.82) is 0 Å². The molecule has 1 heterocycles. The molecule has 200 valence electrons. The molecule has 1 saturated heterocycles. The molecule has 1 amide bonds. The predicted molar refractivity (Wildman–Crippen MR) is 150 cm³/mol. The van der Waals surface area contributed by atoms with Crippen LogP contribution in [0, 0.1) is 11.8 Å². The first-order valence-corrected chi connectivity index (χ1v) is 13.9. The van der Waals surface area contributed by atoms with Crippen molar-refractivity contribution in [3.05, 3.63) is 102 Å². The maximum absolute atomic E-state index is 15.5. The Bertz CT molecular complexity index is 1160. The topological polar surface area (TPSA) is 32.8 Å². The summed E-state index contributed by atoms with van der Waals surface area (Å²) in [6.45, 7) is 2.60. The van der Waals surface area contributed by atoms with Gasteiger partial charge in [0.15, 0.2) is 0 Å². The third-order valence-corrected chi connectivity index (χ3v) is 8.53. The van der Waals surface area contributed by atoms with Crippen molar-refractivity contribution in [3.8, 4) is 5.75 Å². The van der Waals surface area contributed by atoms with E-state index >= 15 is 4.39 Å². The Morgan fingerprint density at radius 1 is 0.947 bits per heavy atom. The number of hydrogen-bond donors (Lipinski definition) is 0. The van der Waals surface area contributed by atoms with Crippen LogP contribution in [0.2, 0.25) is 0 Å². The van der Waals surface area contributed by atoms with Gasteiger partial charge in [0, 0.05) is 36.5 Å². The van der Waals surface area contributed by atoms with Crippen LogP contribution >= 0.6 is 0 Å². The van der Waals surface area contributed by atoms with E-state index < -0.39 is 6.17 Å². The fraction of sp³-hybridized carbons (Fsp3) is 0.424.